The van der Waals surface area contributed by atoms with Crippen LogP contribution in [0.3, 0.4) is 0 Å². The van der Waals surface area contributed by atoms with Crippen molar-refractivity contribution in [1.29, 1.82) is 0 Å². The molecule has 0 bridgehead atoms. The maximum atomic E-state index is 13.8. The molecule has 1 N–H and O–H groups in total. The molecule has 1 aliphatic carbocycles. The van der Waals surface area contributed by atoms with E-state index in [2.05, 4.69) is 0 Å². The summed E-state index contributed by atoms with van der Waals surface area (Å²) in [4.78, 5) is 11.2. The van der Waals surface area contributed by atoms with Gasteiger partial charge < -0.3 is 9.84 Å². The van der Waals surface area contributed by atoms with Crippen LogP contribution < -0.4 is 4.74 Å². The molecule has 0 spiro atoms. The van der Waals surface area contributed by atoms with Crippen LogP contribution in [0.1, 0.15) is 24.0 Å². The number of ether oxygens (including phenoxy) is 1. The zero-order valence-corrected chi connectivity index (χ0v) is 9.21. The maximum absolute atomic E-state index is 13.8. The van der Waals surface area contributed by atoms with E-state index >= 15 is 0 Å². The molecule has 0 amide bonds. The number of hydrogen-bond acceptors (Lipinski definition) is 2. The fourth-order valence-corrected chi connectivity index (χ4v) is 2.07. The molecule has 2 rings (SSSR count). The molecule has 0 aliphatic heterocycles. The number of carboxylic acid groups (broad SMARTS) is 1. The van der Waals surface area contributed by atoms with Crippen LogP contribution in [-0.4, -0.2) is 18.2 Å². The number of benzene rings is 1. The van der Waals surface area contributed by atoms with Crippen molar-refractivity contribution in [3.05, 3.63) is 29.1 Å². The Bertz CT molecular complexity index is 450. The van der Waals surface area contributed by atoms with Gasteiger partial charge in [-0.1, -0.05) is 6.07 Å². The van der Waals surface area contributed by atoms with E-state index in [1.165, 1.54) is 13.2 Å². The summed E-state index contributed by atoms with van der Waals surface area (Å²) in [5.41, 5.74) is -0.115. The van der Waals surface area contributed by atoms with Crippen LogP contribution in [0.2, 0.25) is 0 Å². The number of hydrogen-bond donors (Lipinski definition) is 1. The largest absolute Gasteiger partial charge is 0.496 e. The van der Waals surface area contributed by atoms with E-state index in [1.807, 2.05) is 0 Å². The Kier molecular flexibility index (Phi) is 2.37. The normalized spacial score (nSPS) is 16.9. The minimum atomic E-state index is -1.07. The highest BCUT2D eigenvalue weighted by Gasteiger charge is 2.55. The number of methoxy groups -OCH3 is 1. The van der Waals surface area contributed by atoms with E-state index in [0.29, 0.717) is 18.6 Å². The predicted octanol–water partition coefficient (Wildman–Crippen LogP) is 2.26. The second-order valence-corrected chi connectivity index (χ2v) is 4.16. The quantitative estimate of drug-likeness (QED) is 0.856. The maximum Gasteiger partial charge on any atom is 0.314 e. The van der Waals surface area contributed by atoms with Gasteiger partial charge in [0, 0.05) is 5.56 Å². The molecule has 86 valence electrons. The molecule has 0 unspecified atom stereocenters. The first-order chi connectivity index (χ1) is 7.53. The minimum Gasteiger partial charge on any atom is -0.496 e. The Morgan fingerprint density at radius 3 is 2.56 bits per heavy atom. The Balaban J connectivity index is 2.64. The molecule has 16 heavy (non-hydrogen) atoms. The number of aryl methyl sites for hydroxylation is 1. The first-order valence-corrected chi connectivity index (χ1v) is 5.10. The van der Waals surface area contributed by atoms with Crippen LogP contribution in [0.5, 0.6) is 5.75 Å². The van der Waals surface area contributed by atoms with Gasteiger partial charge in [-0.2, -0.15) is 0 Å². The van der Waals surface area contributed by atoms with Crippen LogP contribution in [0.15, 0.2) is 12.1 Å². The first kappa shape index (κ1) is 10.9. The van der Waals surface area contributed by atoms with E-state index in [0.717, 1.165) is 5.56 Å². The van der Waals surface area contributed by atoms with Gasteiger partial charge in [0.2, 0.25) is 0 Å². The Morgan fingerprint density at radius 2 is 2.12 bits per heavy atom. The summed E-state index contributed by atoms with van der Waals surface area (Å²) in [7, 11) is 1.43. The van der Waals surface area contributed by atoms with Gasteiger partial charge >= 0.3 is 5.97 Å². The molecule has 1 fully saturated rings. The monoisotopic (exact) mass is 224 g/mol. The summed E-state index contributed by atoms with van der Waals surface area (Å²) in [5, 5.41) is 9.17. The Labute approximate surface area is 92.9 Å². The van der Waals surface area contributed by atoms with Gasteiger partial charge in [0.15, 0.2) is 0 Å². The first-order valence-electron chi connectivity index (χ1n) is 5.10. The third-order valence-electron chi connectivity index (χ3n) is 3.15. The van der Waals surface area contributed by atoms with Crippen molar-refractivity contribution in [1.82, 2.24) is 0 Å². The van der Waals surface area contributed by atoms with Gasteiger partial charge in [0.1, 0.15) is 11.6 Å². The topological polar surface area (TPSA) is 46.5 Å². The van der Waals surface area contributed by atoms with Crippen LogP contribution in [0.4, 0.5) is 4.39 Å². The molecule has 0 saturated heterocycles. The average molecular weight is 224 g/mol. The van der Waals surface area contributed by atoms with Crippen molar-refractivity contribution in [2.45, 2.75) is 25.2 Å². The van der Waals surface area contributed by atoms with Crippen LogP contribution in [-0.2, 0) is 10.2 Å². The second-order valence-electron chi connectivity index (χ2n) is 4.16. The highest BCUT2D eigenvalue weighted by molar-refractivity contribution is 5.86. The van der Waals surface area contributed by atoms with Gasteiger partial charge in [-0.25, -0.2) is 4.39 Å². The van der Waals surface area contributed by atoms with E-state index < -0.39 is 17.2 Å². The lowest BCUT2D eigenvalue weighted by Crippen LogP contribution is -2.22. The summed E-state index contributed by atoms with van der Waals surface area (Å²) in [6.45, 7) is 1.78. The van der Waals surface area contributed by atoms with Gasteiger partial charge in [-0.05, 0) is 31.4 Å². The highest BCUT2D eigenvalue weighted by atomic mass is 19.1. The van der Waals surface area contributed by atoms with Gasteiger partial charge in [0.05, 0.1) is 12.5 Å². The molecule has 0 atom stereocenters. The molecule has 0 heterocycles. The standard InChI is InChI=1S/C12H13FO3/c1-7-3-4-8(13)9(10(7)16-2)12(5-6-12)11(14)15/h3-4H,5-6H2,1-2H3,(H,14,15). The molecule has 0 aromatic heterocycles. The second kappa shape index (κ2) is 3.47. The summed E-state index contributed by atoms with van der Waals surface area (Å²) >= 11 is 0. The summed E-state index contributed by atoms with van der Waals surface area (Å²) in [5.74, 6) is -1.11. The summed E-state index contributed by atoms with van der Waals surface area (Å²) in [6.07, 6.45) is 0.943. The van der Waals surface area contributed by atoms with E-state index in [4.69, 9.17) is 4.74 Å². The fraction of sp³-hybridized carbons (Fsp3) is 0.417. The van der Waals surface area contributed by atoms with Crippen LogP contribution in [0.25, 0.3) is 0 Å². The molecule has 1 aromatic carbocycles. The molecular weight excluding hydrogens is 211 g/mol. The van der Waals surface area contributed by atoms with E-state index in [1.54, 1.807) is 13.0 Å². The highest BCUT2D eigenvalue weighted by Crippen LogP contribution is 2.53. The number of carbonyl (C=O) groups is 1. The van der Waals surface area contributed by atoms with Crippen molar-refractivity contribution in [2.24, 2.45) is 0 Å². The summed E-state index contributed by atoms with van der Waals surface area (Å²) < 4.78 is 18.9. The molecule has 1 saturated carbocycles. The third kappa shape index (κ3) is 1.37. The van der Waals surface area contributed by atoms with Crippen molar-refractivity contribution in [2.75, 3.05) is 7.11 Å². The van der Waals surface area contributed by atoms with Crippen molar-refractivity contribution >= 4 is 5.97 Å². The van der Waals surface area contributed by atoms with Gasteiger partial charge in [-0.15, -0.1) is 0 Å². The van der Waals surface area contributed by atoms with Crippen molar-refractivity contribution in [3.8, 4) is 5.75 Å². The predicted molar refractivity (Wildman–Crippen MR) is 56.2 cm³/mol. The van der Waals surface area contributed by atoms with Crippen molar-refractivity contribution < 1.29 is 19.0 Å². The zero-order chi connectivity index (χ0) is 11.9. The molecule has 1 aromatic rings. The van der Waals surface area contributed by atoms with Gasteiger partial charge in [-0.3, -0.25) is 4.79 Å². The molecule has 3 nitrogen and oxygen atoms in total. The fourth-order valence-electron chi connectivity index (χ4n) is 2.07. The SMILES string of the molecule is COc1c(C)ccc(F)c1C1(C(=O)O)CC1. The van der Waals surface area contributed by atoms with E-state index in [-0.39, 0.29) is 5.56 Å². The number of carboxylic acids is 1. The minimum absolute atomic E-state index is 0.197. The lowest BCUT2D eigenvalue weighted by molar-refractivity contribution is -0.140. The zero-order valence-electron chi connectivity index (χ0n) is 9.21. The molecular formula is C12H13FO3. The summed E-state index contributed by atoms with van der Waals surface area (Å²) in [6, 6.07) is 2.89. The Morgan fingerprint density at radius 1 is 1.50 bits per heavy atom. The lowest BCUT2D eigenvalue weighted by Gasteiger charge is -2.17. The van der Waals surface area contributed by atoms with E-state index in [9.17, 15) is 14.3 Å². The third-order valence-corrected chi connectivity index (χ3v) is 3.15. The van der Waals surface area contributed by atoms with Crippen molar-refractivity contribution in [3.63, 3.8) is 0 Å². The van der Waals surface area contributed by atoms with Gasteiger partial charge in [0.25, 0.3) is 0 Å². The molecule has 1 aliphatic rings. The van der Waals surface area contributed by atoms with Crippen LogP contribution >= 0.6 is 0 Å². The smallest absolute Gasteiger partial charge is 0.314 e. The Hall–Kier alpha value is -1.58. The lowest BCUT2D eigenvalue weighted by atomic mass is 9.92. The average Bonchev–Trinajstić information content (AvgIpc) is 3.02. The number of halogens is 1. The van der Waals surface area contributed by atoms with Crippen LogP contribution in [0, 0.1) is 12.7 Å². The number of aliphatic carboxylic acids is 1. The molecule has 4 heteroatoms. The number of rotatable bonds is 3. The molecule has 0 radical (unpaired) electrons.